The van der Waals surface area contributed by atoms with Gasteiger partial charge in [0.15, 0.2) is 11.7 Å². The van der Waals surface area contributed by atoms with Crippen LogP contribution in [0.15, 0.2) is 89.1 Å². The Morgan fingerprint density at radius 2 is 1.81 bits per heavy atom. The molecule has 4 rings (SSSR count). The smallest absolute Gasteiger partial charge is 0.262 e. The Balaban J connectivity index is 1.34. The van der Waals surface area contributed by atoms with E-state index in [4.69, 9.17) is 16.3 Å². The van der Waals surface area contributed by atoms with Crippen LogP contribution < -0.4 is 15.4 Å². The third kappa shape index (κ3) is 7.10. The van der Waals surface area contributed by atoms with Crippen LogP contribution in [0.5, 0.6) is 5.75 Å². The van der Waals surface area contributed by atoms with Crippen LogP contribution in [0.1, 0.15) is 13.3 Å². The summed E-state index contributed by atoms with van der Waals surface area (Å²) in [4.78, 5) is 30.7. The van der Waals surface area contributed by atoms with Crippen molar-refractivity contribution in [2.75, 3.05) is 17.2 Å². The summed E-state index contributed by atoms with van der Waals surface area (Å²) in [5.41, 5.74) is 2.19. The van der Waals surface area contributed by atoms with Crippen molar-refractivity contribution < 1.29 is 14.3 Å². The zero-order valence-electron chi connectivity index (χ0n) is 19.4. The monoisotopic (exact) mass is 537 g/mol. The van der Waals surface area contributed by atoms with Crippen molar-refractivity contribution in [3.8, 4) is 17.0 Å². The Labute approximate surface area is 223 Å². The molecule has 0 aliphatic carbocycles. The zero-order valence-corrected chi connectivity index (χ0v) is 21.8. The minimum Gasteiger partial charge on any atom is -0.484 e. The number of thioether (sulfide) groups is 1. The third-order valence-electron chi connectivity index (χ3n) is 5.06. The molecule has 3 aromatic carbocycles. The number of hydrogen-bond acceptors (Lipinski definition) is 6. The Kier molecular flexibility index (Phi) is 9.00. The second-order valence-electron chi connectivity index (χ2n) is 7.70. The fourth-order valence-corrected chi connectivity index (χ4v) is 5.27. The molecule has 1 heterocycles. The minimum atomic E-state index is -0.329. The molecule has 2 amide bonds. The Hall–Kier alpha value is -3.33. The van der Waals surface area contributed by atoms with E-state index >= 15 is 0 Å². The highest BCUT2D eigenvalue weighted by atomic mass is 35.5. The molecule has 1 atom stereocenters. The fourth-order valence-electron chi connectivity index (χ4n) is 3.31. The third-order valence-corrected chi connectivity index (χ3v) is 7.50. The van der Waals surface area contributed by atoms with Crippen LogP contribution in [-0.4, -0.2) is 28.7 Å². The molecule has 184 valence electrons. The van der Waals surface area contributed by atoms with Crippen LogP contribution in [0.25, 0.3) is 11.3 Å². The van der Waals surface area contributed by atoms with Gasteiger partial charge in [-0.05, 0) is 42.8 Å². The number of thiazole rings is 1. The van der Waals surface area contributed by atoms with Crippen molar-refractivity contribution in [1.29, 1.82) is 0 Å². The number of halogens is 1. The Morgan fingerprint density at radius 3 is 2.58 bits per heavy atom. The molecule has 0 radical (unpaired) electrons. The van der Waals surface area contributed by atoms with Gasteiger partial charge in [0.05, 0.1) is 10.9 Å². The second kappa shape index (κ2) is 12.6. The number of nitrogens with one attached hydrogen (secondary N) is 2. The number of benzene rings is 3. The second-order valence-corrected chi connectivity index (χ2v) is 10.2. The Morgan fingerprint density at radius 1 is 1.03 bits per heavy atom. The van der Waals surface area contributed by atoms with Crippen LogP contribution in [0.3, 0.4) is 0 Å². The number of carbonyl (C=O) groups excluding carboxylic acids is 2. The lowest BCUT2D eigenvalue weighted by Gasteiger charge is -2.14. The zero-order chi connectivity index (χ0) is 25.3. The first-order chi connectivity index (χ1) is 17.5. The molecule has 1 unspecified atom stereocenters. The number of carbonyl (C=O) groups is 2. The average molecular weight is 538 g/mol. The molecule has 0 bridgehead atoms. The van der Waals surface area contributed by atoms with E-state index in [1.165, 1.54) is 23.1 Å². The van der Waals surface area contributed by atoms with Gasteiger partial charge in [0.25, 0.3) is 5.91 Å². The van der Waals surface area contributed by atoms with Crippen molar-refractivity contribution in [1.82, 2.24) is 4.98 Å². The van der Waals surface area contributed by atoms with Gasteiger partial charge in [-0.3, -0.25) is 9.59 Å². The lowest BCUT2D eigenvalue weighted by Crippen LogP contribution is -2.24. The predicted octanol–water partition coefficient (Wildman–Crippen LogP) is 6.99. The maximum atomic E-state index is 13.0. The van der Waals surface area contributed by atoms with E-state index in [0.29, 0.717) is 28.0 Å². The van der Waals surface area contributed by atoms with E-state index in [-0.39, 0.29) is 23.7 Å². The van der Waals surface area contributed by atoms with E-state index < -0.39 is 0 Å². The highest BCUT2D eigenvalue weighted by Crippen LogP contribution is 2.32. The highest BCUT2D eigenvalue weighted by molar-refractivity contribution is 8.00. The number of anilines is 2. The van der Waals surface area contributed by atoms with E-state index in [1.54, 1.807) is 18.2 Å². The minimum absolute atomic E-state index is 0.0919. The van der Waals surface area contributed by atoms with Crippen LogP contribution in [-0.2, 0) is 9.59 Å². The highest BCUT2D eigenvalue weighted by Gasteiger charge is 2.20. The molecule has 9 heteroatoms. The van der Waals surface area contributed by atoms with Crippen molar-refractivity contribution in [3.05, 3.63) is 89.3 Å². The summed E-state index contributed by atoms with van der Waals surface area (Å²) in [6.07, 6.45) is 0.626. The molecule has 36 heavy (non-hydrogen) atoms. The molecule has 0 fully saturated rings. The molecule has 0 aliphatic rings. The SMILES string of the molecule is CCC(Sc1cccc(NC(=O)COc2ccccc2)c1)C(=O)Nc1nc(-c2ccccc2Cl)cs1. The topological polar surface area (TPSA) is 80.3 Å². The summed E-state index contributed by atoms with van der Waals surface area (Å²) in [5.74, 6) is 0.241. The molecule has 6 nitrogen and oxygen atoms in total. The molecule has 0 saturated heterocycles. The van der Waals surface area contributed by atoms with Crippen molar-refractivity contribution in [2.45, 2.75) is 23.5 Å². The van der Waals surface area contributed by atoms with Gasteiger partial charge in [-0.2, -0.15) is 0 Å². The van der Waals surface area contributed by atoms with Crippen molar-refractivity contribution in [3.63, 3.8) is 0 Å². The van der Waals surface area contributed by atoms with Gasteiger partial charge in [-0.1, -0.05) is 61.0 Å². The summed E-state index contributed by atoms with van der Waals surface area (Å²) in [6.45, 7) is 1.87. The van der Waals surface area contributed by atoms with Gasteiger partial charge < -0.3 is 15.4 Å². The molecular formula is C27H24ClN3O3S2. The molecular weight excluding hydrogens is 514 g/mol. The summed E-state index contributed by atoms with van der Waals surface area (Å²) in [5, 5.41) is 8.44. The fraction of sp³-hybridized carbons (Fsp3) is 0.148. The van der Waals surface area contributed by atoms with Gasteiger partial charge in [-0.15, -0.1) is 23.1 Å². The lowest BCUT2D eigenvalue weighted by molar-refractivity contribution is -0.118. The first-order valence-corrected chi connectivity index (χ1v) is 13.4. The number of rotatable bonds is 10. The molecule has 0 aliphatic heterocycles. The number of para-hydroxylation sites is 1. The first kappa shape index (κ1) is 25.8. The predicted molar refractivity (Wildman–Crippen MR) is 148 cm³/mol. The number of ether oxygens (including phenoxy) is 1. The maximum Gasteiger partial charge on any atom is 0.262 e. The van der Waals surface area contributed by atoms with Crippen LogP contribution in [0, 0.1) is 0 Å². The van der Waals surface area contributed by atoms with Gasteiger partial charge in [0, 0.05) is 26.5 Å². The van der Waals surface area contributed by atoms with Gasteiger partial charge in [0.1, 0.15) is 5.75 Å². The van der Waals surface area contributed by atoms with Crippen LogP contribution in [0.2, 0.25) is 5.02 Å². The summed E-state index contributed by atoms with van der Waals surface area (Å²) in [6, 6.07) is 24.0. The largest absolute Gasteiger partial charge is 0.484 e. The average Bonchev–Trinajstić information content (AvgIpc) is 3.35. The van der Waals surface area contributed by atoms with Crippen molar-refractivity contribution in [2.24, 2.45) is 0 Å². The van der Waals surface area contributed by atoms with E-state index in [1.807, 2.05) is 73.0 Å². The van der Waals surface area contributed by atoms with Gasteiger partial charge in [0.2, 0.25) is 5.91 Å². The lowest BCUT2D eigenvalue weighted by atomic mass is 10.2. The van der Waals surface area contributed by atoms with E-state index in [2.05, 4.69) is 15.6 Å². The normalized spacial score (nSPS) is 11.5. The number of amides is 2. The molecule has 0 spiro atoms. The van der Waals surface area contributed by atoms with Crippen LogP contribution >= 0.6 is 34.7 Å². The molecule has 0 saturated carbocycles. The summed E-state index contributed by atoms with van der Waals surface area (Å²) < 4.78 is 5.49. The Bertz CT molecular complexity index is 1330. The van der Waals surface area contributed by atoms with Gasteiger partial charge in [-0.25, -0.2) is 4.98 Å². The van der Waals surface area contributed by atoms with Crippen LogP contribution in [0.4, 0.5) is 10.8 Å². The quantitative estimate of drug-likeness (QED) is 0.213. The number of nitrogens with zero attached hydrogens (tertiary/aromatic N) is 1. The number of aromatic nitrogens is 1. The standard InChI is InChI=1S/C27H24ClN3O3S2/c1-2-24(26(33)31-27-30-23(17-35-27)21-13-6-7-14-22(21)28)36-20-12-8-9-18(15-20)29-25(32)16-34-19-10-4-3-5-11-19/h3-15,17,24H,2,16H2,1H3,(H,29,32)(H,30,31,33). The first-order valence-electron chi connectivity index (χ1n) is 11.3. The van der Waals surface area contributed by atoms with Gasteiger partial charge >= 0.3 is 0 Å². The van der Waals surface area contributed by atoms with E-state index in [0.717, 1.165) is 16.2 Å². The molecule has 2 N–H and O–H groups in total. The number of hydrogen-bond donors (Lipinski definition) is 2. The summed E-state index contributed by atoms with van der Waals surface area (Å²) >= 11 is 9.06. The maximum absolute atomic E-state index is 13.0. The molecule has 1 aromatic heterocycles. The van der Waals surface area contributed by atoms with E-state index in [9.17, 15) is 9.59 Å². The van der Waals surface area contributed by atoms with Crippen molar-refractivity contribution >= 4 is 57.3 Å². The summed E-state index contributed by atoms with van der Waals surface area (Å²) in [7, 11) is 0. The molecule has 4 aromatic rings.